The predicted octanol–water partition coefficient (Wildman–Crippen LogP) is 4.54. The van der Waals surface area contributed by atoms with Crippen molar-refractivity contribution < 1.29 is 8.78 Å². The van der Waals surface area contributed by atoms with E-state index in [1.54, 1.807) is 25.1 Å². The smallest absolute Gasteiger partial charge is 0.142 e. The molecule has 0 aromatic heterocycles. The van der Waals surface area contributed by atoms with Crippen LogP contribution in [-0.2, 0) is 6.54 Å². The standard InChI is InChI=1S/C14H12ClF2N/c1-9-6-11(3-5-13(9)16)18-8-10-2-4-12(15)14(17)7-10/h2-7,18H,8H2,1H3. The Labute approximate surface area is 109 Å². The van der Waals surface area contributed by atoms with E-state index in [4.69, 9.17) is 11.6 Å². The van der Waals surface area contributed by atoms with Gasteiger partial charge in [0.15, 0.2) is 0 Å². The third kappa shape index (κ3) is 2.99. The zero-order valence-corrected chi connectivity index (χ0v) is 10.6. The number of aryl methyl sites for hydroxylation is 1. The van der Waals surface area contributed by atoms with E-state index in [9.17, 15) is 8.78 Å². The Hall–Kier alpha value is -1.61. The van der Waals surface area contributed by atoms with Gasteiger partial charge in [0.1, 0.15) is 11.6 Å². The molecule has 0 aliphatic rings. The minimum absolute atomic E-state index is 0.108. The lowest BCUT2D eigenvalue weighted by Gasteiger charge is -2.08. The molecular formula is C14H12ClF2N. The Morgan fingerprint density at radius 3 is 2.50 bits per heavy atom. The van der Waals surface area contributed by atoms with E-state index in [1.807, 2.05) is 0 Å². The lowest BCUT2D eigenvalue weighted by atomic mass is 10.2. The SMILES string of the molecule is Cc1cc(NCc2ccc(Cl)c(F)c2)ccc1F. The zero-order valence-electron chi connectivity index (χ0n) is 9.81. The summed E-state index contributed by atoms with van der Waals surface area (Å²) in [7, 11) is 0. The maximum absolute atomic E-state index is 13.2. The van der Waals surface area contributed by atoms with Crippen LogP contribution >= 0.6 is 11.6 Å². The second-order valence-corrected chi connectivity index (χ2v) is 4.47. The fourth-order valence-corrected chi connectivity index (χ4v) is 1.73. The number of rotatable bonds is 3. The average Bonchev–Trinajstić information content (AvgIpc) is 2.35. The number of nitrogens with one attached hydrogen (secondary N) is 1. The summed E-state index contributed by atoms with van der Waals surface area (Å²) < 4.78 is 26.3. The summed E-state index contributed by atoms with van der Waals surface area (Å²) in [6.07, 6.45) is 0. The molecule has 0 unspecified atom stereocenters. The summed E-state index contributed by atoms with van der Waals surface area (Å²) in [4.78, 5) is 0. The third-order valence-electron chi connectivity index (χ3n) is 2.64. The Balaban J connectivity index is 2.06. The number of hydrogen-bond donors (Lipinski definition) is 1. The Morgan fingerprint density at radius 1 is 1.06 bits per heavy atom. The van der Waals surface area contributed by atoms with Gasteiger partial charge in [0.05, 0.1) is 5.02 Å². The van der Waals surface area contributed by atoms with Crippen LogP contribution in [0, 0.1) is 18.6 Å². The molecule has 0 aliphatic carbocycles. The molecule has 2 rings (SSSR count). The molecule has 0 amide bonds. The third-order valence-corrected chi connectivity index (χ3v) is 2.95. The van der Waals surface area contributed by atoms with Gasteiger partial charge in [-0.25, -0.2) is 8.78 Å². The van der Waals surface area contributed by atoms with Gasteiger partial charge in [-0.05, 0) is 48.4 Å². The zero-order chi connectivity index (χ0) is 13.1. The van der Waals surface area contributed by atoms with E-state index in [0.29, 0.717) is 12.1 Å². The first-order valence-corrected chi connectivity index (χ1v) is 5.88. The van der Waals surface area contributed by atoms with Crippen molar-refractivity contribution in [1.29, 1.82) is 0 Å². The normalized spacial score (nSPS) is 10.4. The Morgan fingerprint density at radius 2 is 1.83 bits per heavy atom. The van der Waals surface area contributed by atoms with E-state index in [-0.39, 0.29) is 10.8 Å². The van der Waals surface area contributed by atoms with Crippen molar-refractivity contribution in [2.75, 3.05) is 5.32 Å². The van der Waals surface area contributed by atoms with Gasteiger partial charge in [-0.1, -0.05) is 17.7 Å². The fraction of sp³-hybridized carbons (Fsp3) is 0.143. The molecule has 94 valence electrons. The average molecular weight is 268 g/mol. The quantitative estimate of drug-likeness (QED) is 0.861. The van der Waals surface area contributed by atoms with Crippen LogP contribution in [0.4, 0.5) is 14.5 Å². The molecule has 0 bridgehead atoms. The van der Waals surface area contributed by atoms with E-state index in [2.05, 4.69) is 5.32 Å². The van der Waals surface area contributed by atoms with E-state index < -0.39 is 5.82 Å². The van der Waals surface area contributed by atoms with Crippen LogP contribution < -0.4 is 5.32 Å². The molecule has 4 heteroatoms. The summed E-state index contributed by atoms with van der Waals surface area (Å²) in [5.41, 5.74) is 2.14. The van der Waals surface area contributed by atoms with Gasteiger partial charge in [0.25, 0.3) is 0 Å². The summed E-state index contributed by atoms with van der Waals surface area (Å²) in [6, 6.07) is 9.40. The van der Waals surface area contributed by atoms with Crippen molar-refractivity contribution >= 4 is 17.3 Å². The van der Waals surface area contributed by atoms with Crippen LogP contribution in [-0.4, -0.2) is 0 Å². The van der Waals surface area contributed by atoms with Crippen LogP contribution in [0.25, 0.3) is 0 Å². The largest absolute Gasteiger partial charge is 0.381 e. The van der Waals surface area contributed by atoms with Crippen molar-refractivity contribution in [3.8, 4) is 0 Å². The first-order chi connectivity index (χ1) is 8.56. The van der Waals surface area contributed by atoms with E-state index in [0.717, 1.165) is 11.3 Å². The second-order valence-electron chi connectivity index (χ2n) is 4.07. The molecular weight excluding hydrogens is 256 g/mol. The highest BCUT2D eigenvalue weighted by Gasteiger charge is 2.02. The number of hydrogen-bond acceptors (Lipinski definition) is 1. The van der Waals surface area contributed by atoms with Gasteiger partial charge in [-0.2, -0.15) is 0 Å². The first-order valence-electron chi connectivity index (χ1n) is 5.50. The summed E-state index contributed by atoms with van der Waals surface area (Å²) >= 11 is 5.60. The number of halogens is 3. The molecule has 0 saturated carbocycles. The second kappa shape index (κ2) is 5.36. The minimum Gasteiger partial charge on any atom is -0.381 e. The van der Waals surface area contributed by atoms with Crippen molar-refractivity contribution in [3.05, 3.63) is 64.2 Å². The van der Waals surface area contributed by atoms with E-state index in [1.165, 1.54) is 18.2 Å². The van der Waals surface area contributed by atoms with Crippen molar-refractivity contribution in [3.63, 3.8) is 0 Å². The van der Waals surface area contributed by atoms with Crippen LogP contribution in [0.2, 0.25) is 5.02 Å². The molecule has 0 aliphatic heterocycles. The molecule has 0 fully saturated rings. The van der Waals surface area contributed by atoms with Gasteiger partial charge < -0.3 is 5.32 Å². The highest BCUT2D eigenvalue weighted by atomic mass is 35.5. The molecule has 0 saturated heterocycles. The summed E-state index contributed by atoms with van der Waals surface area (Å²) in [6.45, 7) is 2.15. The van der Waals surface area contributed by atoms with Gasteiger partial charge in [0.2, 0.25) is 0 Å². The first kappa shape index (κ1) is 12.8. The van der Waals surface area contributed by atoms with Crippen molar-refractivity contribution in [2.24, 2.45) is 0 Å². The van der Waals surface area contributed by atoms with Crippen LogP contribution in [0.5, 0.6) is 0 Å². The predicted molar refractivity (Wildman–Crippen MR) is 69.9 cm³/mol. The van der Waals surface area contributed by atoms with Gasteiger partial charge >= 0.3 is 0 Å². The molecule has 0 spiro atoms. The minimum atomic E-state index is -0.439. The monoisotopic (exact) mass is 267 g/mol. The molecule has 0 heterocycles. The molecule has 2 aromatic rings. The molecule has 18 heavy (non-hydrogen) atoms. The topological polar surface area (TPSA) is 12.0 Å². The van der Waals surface area contributed by atoms with Gasteiger partial charge in [0, 0.05) is 12.2 Å². The van der Waals surface area contributed by atoms with Crippen molar-refractivity contribution in [2.45, 2.75) is 13.5 Å². The fourth-order valence-electron chi connectivity index (χ4n) is 1.61. The van der Waals surface area contributed by atoms with E-state index >= 15 is 0 Å². The lowest BCUT2D eigenvalue weighted by Crippen LogP contribution is -2.00. The molecule has 1 N–H and O–H groups in total. The highest BCUT2D eigenvalue weighted by molar-refractivity contribution is 6.30. The van der Waals surface area contributed by atoms with Crippen LogP contribution in [0.1, 0.15) is 11.1 Å². The maximum Gasteiger partial charge on any atom is 0.142 e. The van der Waals surface area contributed by atoms with Gasteiger partial charge in [-0.3, -0.25) is 0 Å². The molecule has 0 atom stereocenters. The summed E-state index contributed by atoms with van der Waals surface area (Å²) in [5, 5.41) is 3.21. The van der Waals surface area contributed by atoms with Gasteiger partial charge in [-0.15, -0.1) is 0 Å². The summed E-state index contributed by atoms with van der Waals surface area (Å²) in [5.74, 6) is -0.677. The number of anilines is 1. The number of benzene rings is 2. The Bertz CT molecular complexity index is 518. The molecule has 1 nitrogen and oxygen atoms in total. The Kier molecular flexibility index (Phi) is 3.82. The van der Waals surface area contributed by atoms with Crippen LogP contribution in [0.15, 0.2) is 36.4 Å². The van der Waals surface area contributed by atoms with Crippen molar-refractivity contribution in [1.82, 2.24) is 0 Å². The van der Waals surface area contributed by atoms with Crippen LogP contribution in [0.3, 0.4) is 0 Å². The highest BCUT2D eigenvalue weighted by Crippen LogP contribution is 2.18. The molecule has 2 aromatic carbocycles. The molecule has 0 radical (unpaired) electrons. The lowest BCUT2D eigenvalue weighted by molar-refractivity contribution is 0.618. The maximum atomic E-state index is 13.2.